The Labute approximate surface area is 173 Å². The lowest BCUT2D eigenvalue weighted by atomic mass is 10.2. The SMILES string of the molecule is BrCCBr.N#Cc1ccc(O)cc1.N#Cc1ccc(OCCBr)cc1. The normalized spacial score (nSPS) is 8.52. The molecule has 4 nitrogen and oxygen atoms in total. The highest BCUT2D eigenvalue weighted by Gasteiger charge is 1.92. The van der Waals surface area contributed by atoms with Crippen LogP contribution in [0.3, 0.4) is 0 Å². The number of halogens is 3. The van der Waals surface area contributed by atoms with Crippen LogP contribution in [0.25, 0.3) is 0 Å². The van der Waals surface area contributed by atoms with Crippen molar-refractivity contribution >= 4 is 47.8 Å². The molecule has 0 bridgehead atoms. The number of benzene rings is 2. The standard InChI is InChI=1S/C9H8BrNO.C7H5NO.C2H4Br2/c10-5-6-12-9-3-1-8(7-11)2-4-9;8-5-6-1-3-7(9)4-2-6;3-1-2-4/h1-4H,5-6H2;1-4,9H;1-2H2. The molecule has 2 rings (SSSR count). The smallest absolute Gasteiger partial charge is 0.119 e. The van der Waals surface area contributed by atoms with Gasteiger partial charge in [0, 0.05) is 16.0 Å². The topological polar surface area (TPSA) is 77.0 Å². The molecular weight excluding hydrogens is 516 g/mol. The van der Waals surface area contributed by atoms with Gasteiger partial charge in [0.25, 0.3) is 0 Å². The lowest BCUT2D eigenvalue weighted by molar-refractivity contribution is 0.345. The third-order valence-corrected chi connectivity index (χ3v) is 4.58. The molecule has 0 saturated heterocycles. The van der Waals surface area contributed by atoms with Gasteiger partial charge < -0.3 is 9.84 Å². The number of nitriles is 2. The first kappa shape index (κ1) is 23.5. The van der Waals surface area contributed by atoms with E-state index in [0.717, 1.165) is 21.7 Å². The van der Waals surface area contributed by atoms with Crippen molar-refractivity contribution in [2.75, 3.05) is 22.6 Å². The highest BCUT2D eigenvalue weighted by molar-refractivity contribution is 9.12. The van der Waals surface area contributed by atoms with Crippen molar-refractivity contribution < 1.29 is 9.84 Å². The fourth-order valence-electron chi connectivity index (χ4n) is 1.32. The van der Waals surface area contributed by atoms with Gasteiger partial charge in [0.15, 0.2) is 0 Å². The maximum Gasteiger partial charge on any atom is 0.119 e. The number of alkyl halides is 3. The summed E-state index contributed by atoms with van der Waals surface area (Å²) in [5.41, 5.74) is 1.22. The predicted molar refractivity (Wildman–Crippen MR) is 111 cm³/mol. The van der Waals surface area contributed by atoms with Crippen molar-refractivity contribution in [1.82, 2.24) is 0 Å². The highest BCUT2D eigenvalue weighted by Crippen LogP contribution is 2.11. The molecule has 0 aliphatic rings. The van der Waals surface area contributed by atoms with Gasteiger partial charge in [-0.2, -0.15) is 10.5 Å². The number of hydrogen-bond donors (Lipinski definition) is 1. The molecule has 0 spiro atoms. The quantitative estimate of drug-likeness (QED) is 0.537. The van der Waals surface area contributed by atoms with Gasteiger partial charge in [0.2, 0.25) is 0 Å². The Kier molecular flexibility index (Phi) is 15.0. The van der Waals surface area contributed by atoms with Crippen molar-refractivity contribution in [3.05, 3.63) is 59.7 Å². The molecule has 0 fully saturated rings. The summed E-state index contributed by atoms with van der Waals surface area (Å²) in [5.74, 6) is 0.988. The number of ether oxygens (including phenoxy) is 1. The minimum absolute atomic E-state index is 0.189. The summed E-state index contributed by atoms with van der Waals surface area (Å²) in [6.07, 6.45) is 0. The monoisotopic (exact) mass is 530 g/mol. The Hall–Kier alpha value is -1.54. The molecule has 2 aromatic carbocycles. The first-order chi connectivity index (χ1) is 12.1. The van der Waals surface area contributed by atoms with Gasteiger partial charge in [0.05, 0.1) is 29.9 Å². The molecule has 25 heavy (non-hydrogen) atoms. The Morgan fingerprint density at radius 2 is 1.20 bits per heavy atom. The van der Waals surface area contributed by atoms with E-state index in [2.05, 4.69) is 47.8 Å². The molecule has 0 unspecified atom stereocenters. The van der Waals surface area contributed by atoms with Crippen LogP contribution in [0.2, 0.25) is 0 Å². The van der Waals surface area contributed by atoms with E-state index in [1.54, 1.807) is 36.4 Å². The fraction of sp³-hybridized carbons (Fsp3) is 0.222. The Balaban J connectivity index is 0.000000391. The molecule has 0 heterocycles. The summed E-state index contributed by atoms with van der Waals surface area (Å²) in [6, 6.07) is 17.2. The van der Waals surface area contributed by atoms with Crippen LogP contribution >= 0.6 is 47.8 Å². The number of phenolic OH excluding ortho intramolecular Hbond substituents is 1. The molecule has 0 aliphatic carbocycles. The Morgan fingerprint density at radius 1 is 0.760 bits per heavy atom. The van der Waals surface area contributed by atoms with Gasteiger partial charge in [-0.25, -0.2) is 0 Å². The number of hydrogen-bond acceptors (Lipinski definition) is 4. The van der Waals surface area contributed by atoms with Gasteiger partial charge >= 0.3 is 0 Å². The molecular formula is C18H17Br3N2O2. The second-order valence-electron chi connectivity index (χ2n) is 4.21. The van der Waals surface area contributed by atoms with Gasteiger partial charge in [-0.1, -0.05) is 47.8 Å². The van der Waals surface area contributed by atoms with Crippen LogP contribution in [-0.2, 0) is 0 Å². The van der Waals surface area contributed by atoms with E-state index >= 15 is 0 Å². The Bertz CT molecular complexity index is 661. The maximum absolute atomic E-state index is 8.74. The number of nitrogens with zero attached hydrogens (tertiary/aromatic N) is 2. The molecule has 1 N–H and O–H groups in total. The van der Waals surface area contributed by atoms with Crippen molar-refractivity contribution in [1.29, 1.82) is 10.5 Å². The highest BCUT2D eigenvalue weighted by atomic mass is 79.9. The molecule has 0 radical (unpaired) electrons. The third kappa shape index (κ3) is 12.5. The fourth-order valence-corrected chi connectivity index (χ4v) is 1.48. The second-order valence-corrected chi connectivity index (χ2v) is 6.59. The number of rotatable bonds is 4. The van der Waals surface area contributed by atoms with Crippen molar-refractivity contribution in [3.63, 3.8) is 0 Å². The van der Waals surface area contributed by atoms with E-state index in [1.807, 2.05) is 12.1 Å². The molecule has 0 aromatic heterocycles. The first-order valence-corrected chi connectivity index (χ1v) is 10.5. The summed E-state index contributed by atoms with van der Waals surface area (Å²) in [6.45, 7) is 0.645. The van der Waals surface area contributed by atoms with Crippen LogP contribution in [-0.4, -0.2) is 27.7 Å². The largest absolute Gasteiger partial charge is 0.508 e. The molecule has 132 valence electrons. The molecule has 0 saturated carbocycles. The van der Waals surface area contributed by atoms with Crippen LogP contribution < -0.4 is 4.74 Å². The maximum atomic E-state index is 8.74. The molecule has 2 aromatic rings. The summed E-state index contributed by atoms with van der Waals surface area (Å²) in [5, 5.41) is 28.5. The molecule has 0 atom stereocenters. The zero-order chi connectivity index (χ0) is 18.9. The molecule has 0 aliphatic heterocycles. The van der Waals surface area contributed by atoms with Crippen LogP contribution in [0.15, 0.2) is 48.5 Å². The van der Waals surface area contributed by atoms with Crippen molar-refractivity contribution in [2.24, 2.45) is 0 Å². The van der Waals surface area contributed by atoms with Crippen LogP contribution in [0, 0.1) is 22.7 Å². The van der Waals surface area contributed by atoms with Crippen LogP contribution in [0.4, 0.5) is 0 Å². The van der Waals surface area contributed by atoms with E-state index in [0.29, 0.717) is 17.7 Å². The average molecular weight is 533 g/mol. The minimum atomic E-state index is 0.189. The number of phenols is 1. The molecule has 7 heteroatoms. The zero-order valence-electron chi connectivity index (χ0n) is 13.3. The Morgan fingerprint density at radius 3 is 1.56 bits per heavy atom. The van der Waals surface area contributed by atoms with E-state index in [-0.39, 0.29) is 5.75 Å². The van der Waals surface area contributed by atoms with Crippen LogP contribution in [0.1, 0.15) is 11.1 Å². The summed E-state index contributed by atoms with van der Waals surface area (Å²) in [4.78, 5) is 0. The van der Waals surface area contributed by atoms with E-state index in [9.17, 15) is 0 Å². The summed E-state index contributed by atoms with van der Waals surface area (Å²) < 4.78 is 5.30. The lowest BCUT2D eigenvalue weighted by Crippen LogP contribution is -1.97. The van der Waals surface area contributed by atoms with E-state index in [4.69, 9.17) is 20.4 Å². The minimum Gasteiger partial charge on any atom is -0.508 e. The van der Waals surface area contributed by atoms with Crippen molar-refractivity contribution in [3.8, 4) is 23.6 Å². The van der Waals surface area contributed by atoms with Gasteiger partial charge in [-0.15, -0.1) is 0 Å². The van der Waals surface area contributed by atoms with Gasteiger partial charge in [-0.05, 0) is 48.5 Å². The van der Waals surface area contributed by atoms with E-state index in [1.165, 1.54) is 12.1 Å². The van der Waals surface area contributed by atoms with E-state index < -0.39 is 0 Å². The summed E-state index contributed by atoms with van der Waals surface area (Å²) in [7, 11) is 0. The number of aromatic hydroxyl groups is 1. The second kappa shape index (κ2) is 16.0. The van der Waals surface area contributed by atoms with Gasteiger partial charge in [0.1, 0.15) is 11.5 Å². The lowest BCUT2D eigenvalue weighted by Gasteiger charge is -2.02. The first-order valence-electron chi connectivity index (χ1n) is 7.11. The third-order valence-electron chi connectivity index (χ3n) is 2.40. The van der Waals surface area contributed by atoms with Crippen molar-refractivity contribution in [2.45, 2.75) is 0 Å². The zero-order valence-corrected chi connectivity index (χ0v) is 18.1. The van der Waals surface area contributed by atoms with Gasteiger partial charge in [-0.3, -0.25) is 0 Å². The predicted octanol–water partition coefficient (Wildman–Crippen LogP) is 5.37. The van der Waals surface area contributed by atoms with Crippen LogP contribution in [0.5, 0.6) is 11.5 Å². The molecule has 0 amide bonds. The summed E-state index contributed by atoms with van der Waals surface area (Å²) >= 11 is 9.66. The average Bonchev–Trinajstić information content (AvgIpc) is 2.68.